The number of rotatable bonds is 4. The minimum absolute atomic E-state index is 0.606. The topological polar surface area (TPSA) is 55.8 Å². The molecule has 1 N–H and O–H groups in total. The largest absolute Gasteiger partial charge is 0.496 e. The lowest BCUT2D eigenvalue weighted by Gasteiger charge is -2.21. The van der Waals surface area contributed by atoms with Crippen molar-refractivity contribution < 1.29 is 19.4 Å². The zero-order valence-corrected chi connectivity index (χ0v) is 11.2. The molecule has 4 heteroatoms. The highest BCUT2D eigenvalue weighted by Crippen LogP contribution is 2.56. The monoisotopic (exact) mass is 250 g/mol. The van der Waals surface area contributed by atoms with Crippen LogP contribution in [-0.2, 0) is 10.2 Å². The van der Waals surface area contributed by atoms with Gasteiger partial charge in [0.15, 0.2) is 0 Å². The third kappa shape index (κ3) is 1.64. The summed E-state index contributed by atoms with van der Waals surface area (Å²) in [6.45, 7) is 3.90. The molecule has 1 aromatic carbocycles. The summed E-state index contributed by atoms with van der Waals surface area (Å²) >= 11 is 0. The van der Waals surface area contributed by atoms with E-state index in [2.05, 4.69) is 0 Å². The third-order valence-corrected chi connectivity index (χ3v) is 3.82. The zero-order valence-electron chi connectivity index (χ0n) is 11.2. The molecule has 1 fully saturated rings. The van der Waals surface area contributed by atoms with Crippen molar-refractivity contribution in [2.75, 3.05) is 14.2 Å². The van der Waals surface area contributed by atoms with Gasteiger partial charge in [0.1, 0.15) is 16.9 Å². The molecule has 0 spiro atoms. The number of aliphatic carboxylic acids is 1. The van der Waals surface area contributed by atoms with Gasteiger partial charge in [-0.05, 0) is 43.9 Å². The number of benzene rings is 1. The van der Waals surface area contributed by atoms with Crippen molar-refractivity contribution in [3.8, 4) is 11.5 Å². The van der Waals surface area contributed by atoms with Crippen LogP contribution in [0.25, 0.3) is 0 Å². The smallest absolute Gasteiger partial charge is 0.314 e. The second kappa shape index (κ2) is 4.19. The van der Waals surface area contributed by atoms with Crippen LogP contribution in [0.1, 0.15) is 29.5 Å². The maximum absolute atomic E-state index is 11.5. The Morgan fingerprint density at radius 1 is 1.28 bits per heavy atom. The van der Waals surface area contributed by atoms with Crippen molar-refractivity contribution in [3.05, 3.63) is 22.8 Å². The summed E-state index contributed by atoms with van der Waals surface area (Å²) in [6.07, 6.45) is 1.27. The Labute approximate surface area is 107 Å². The molecule has 18 heavy (non-hydrogen) atoms. The first-order valence-electron chi connectivity index (χ1n) is 5.94. The van der Waals surface area contributed by atoms with Crippen LogP contribution in [-0.4, -0.2) is 25.3 Å². The van der Waals surface area contributed by atoms with Gasteiger partial charge in [-0.15, -0.1) is 0 Å². The van der Waals surface area contributed by atoms with Gasteiger partial charge in [0, 0.05) is 0 Å². The van der Waals surface area contributed by atoms with E-state index in [1.807, 2.05) is 19.9 Å². The van der Waals surface area contributed by atoms with Gasteiger partial charge < -0.3 is 14.6 Å². The van der Waals surface area contributed by atoms with Crippen LogP contribution in [0.4, 0.5) is 0 Å². The second-order valence-electron chi connectivity index (χ2n) is 4.82. The van der Waals surface area contributed by atoms with Crippen molar-refractivity contribution >= 4 is 5.97 Å². The number of methoxy groups -OCH3 is 2. The van der Waals surface area contributed by atoms with Gasteiger partial charge in [-0.3, -0.25) is 4.79 Å². The summed E-state index contributed by atoms with van der Waals surface area (Å²) < 4.78 is 10.8. The van der Waals surface area contributed by atoms with E-state index in [1.54, 1.807) is 14.2 Å². The molecule has 4 nitrogen and oxygen atoms in total. The average Bonchev–Trinajstić information content (AvgIpc) is 3.13. The highest BCUT2D eigenvalue weighted by atomic mass is 16.5. The fourth-order valence-electron chi connectivity index (χ4n) is 2.42. The molecule has 0 radical (unpaired) electrons. The van der Waals surface area contributed by atoms with E-state index < -0.39 is 11.4 Å². The van der Waals surface area contributed by atoms with E-state index in [-0.39, 0.29) is 0 Å². The highest BCUT2D eigenvalue weighted by molar-refractivity contribution is 5.87. The standard InChI is InChI=1S/C14H18O4/c1-8-7-10(17-3)11(12(18-4)9(8)2)14(5-6-14)13(15)16/h7H,5-6H2,1-4H3,(H,15,16). The van der Waals surface area contributed by atoms with Gasteiger partial charge >= 0.3 is 5.97 Å². The minimum atomic E-state index is -0.824. The maximum atomic E-state index is 11.5. The van der Waals surface area contributed by atoms with Crippen LogP contribution < -0.4 is 9.47 Å². The summed E-state index contributed by atoms with van der Waals surface area (Å²) in [5.41, 5.74) is 1.87. The van der Waals surface area contributed by atoms with Gasteiger partial charge in [-0.2, -0.15) is 0 Å². The zero-order chi connectivity index (χ0) is 13.5. The van der Waals surface area contributed by atoms with E-state index in [0.717, 1.165) is 11.1 Å². The molecule has 0 bridgehead atoms. The summed E-state index contributed by atoms with van der Waals surface area (Å²) in [4.78, 5) is 11.5. The third-order valence-electron chi connectivity index (χ3n) is 3.82. The van der Waals surface area contributed by atoms with Crippen molar-refractivity contribution in [3.63, 3.8) is 0 Å². The molecule has 1 aliphatic carbocycles. The van der Waals surface area contributed by atoms with Crippen molar-refractivity contribution in [1.29, 1.82) is 0 Å². The van der Waals surface area contributed by atoms with Gasteiger partial charge in [0.2, 0.25) is 0 Å². The van der Waals surface area contributed by atoms with Crippen LogP contribution >= 0.6 is 0 Å². The Kier molecular flexibility index (Phi) is 2.97. The molecule has 0 aliphatic heterocycles. The van der Waals surface area contributed by atoms with Gasteiger partial charge in [-0.1, -0.05) is 0 Å². The van der Waals surface area contributed by atoms with Crippen LogP contribution in [0, 0.1) is 13.8 Å². The van der Waals surface area contributed by atoms with Crippen LogP contribution in [0.15, 0.2) is 6.07 Å². The minimum Gasteiger partial charge on any atom is -0.496 e. The SMILES string of the molecule is COc1cc(C)c(C)c(OC)c1C1(C(=O)O)CC1. The lowest BCUT2D eigenvalue weighted by Crippen LogP contribution is -2.22. The summed E-state index contributed by atoms with van der Waals surface area (Å²) in [7, 11) is 3.13. The Morgan fingerprint density at radius 3 is 2.28 bits per heavy atom. The molecule has 2 rings (SSSR count). The van der Waals surface area contributed by atoms with Crippen molar-refractivity contribution in [2.24, 2.45) is 0 Å². The van der Waals surface area contributed by atoms with Crippen molar-refractivity contribution in [1.82, 2.24) is 0 Å². The summed E-state index contributed by atoms with van der Waals surface area (Å²) in [5, 5.41) is 9.45. The quantitative estimate of drug-likeness (QED) is 0.891. The lowest BCUT2D eigenvalue weighted by molar-refractivity contribution is -0.140. The number of carboxylic acids is 1. The number of carboxylic acid groups (broad SMARTS) is 1. The van der Waals surface area contributed by atoms with E-state index in [0.29, 0.717) is 29.9 Å². The predicted octanol–water partition coefficient (Wildman–Crippen LogP) is 2.44. The first-order chi connectivity index (χ1) is 8.47. The Morgan fingerprint density at radius 2 is 1.89 bits per heavy atom. The molecule has 98 valence electrons. The molecule has 1 saturated carbocycles. The normalized spacial score (nSPS) is 16.2. The van der Waals surface area contributed by atoms with Crippen LogP contribution in [0.3, 0.4) is 0 Å². The summed E-state index contributed by atoms with van der Waals surface area (Å²) in [6, 6.07) is 1.89. The van der Waals surface area contributed by atoms with E-state index in [1.165, 1.54) is 0 Å². The fourth-order valence-corrected chi connectivity index (χ4v) is 2.42. The molecule has 1 aromatic rings. The average molecular weight is 250 g/mol. The number of aryl methyl sites for hydroxylation is 1. The van der Waals surface area contributed by atoms with Crippen LogP contribution in [0.5, 0.6) is 11.5 Å². The van der Waals surface area contributed by atoms with Gasteiger partial charge in [0.25, 0.3) is 0 Å². The number of hydrogen-bond donors (Lipinski definition) is 1. The highest BCUT2D eigenvalue weighted by Gasteiger charge is 2.55. The molecule has 0 atom stereocenters. The van der Waals surface area contributed by atoms with E-state index >= 15 is 0 Å². The summed E-state index contributed by atoms with van der Waals surface area (Å²) in [5.74, 6) is 0.448. The fraction of sp³-hybridized carbons (Fsp3) is 0.500. The van der Waals surface area contributed by atoms with E-state index in [4.69, 9.17) is 9.47 Å². The molecule has 0 aromatic heterocycles. The van der Waals surface area contributed by atoms with Gasteiger partial charge in [0.05, 0.1) is 19.8 Å². The van der Waals surface area contributed by atoms with E-state index in [9.17, 15) is 9.90 Å². The van der Waals surface area contributed by atoms with Gasteiger partial charge in [-0.25, -0.2) is 0 Å². The first-order valence-corrected chi connectivity index (χ1v) is 5.94. The molecular formula is C14H18O4. The number of carbonyl (C=O) groups is 1. The second-order valence-corrected chi connectivity index (χ2v) is 4.82. The molecule has 0 heterocycles. The van der Waals surface area contributed by atoms with Crippen LogP contribution in [0.2, 0.25) is 0 Å². The molecule has 0 saturated heterocycles. The Bertz CT molecular complexity index is 501. The molecule has 0 amide bonds. The molecule has 1 aliphatic rings. The number of hydrogen-bond acceptors (Lipinski definition) is 3. The first kappa shape index (κ1) is 12.7. The number of ether oxygens (including phenoxy) is 2. The predicted molar refractivity (Wildman–Crippen MR) is 67.6 cm³/mol. The van der Waals surface area contributed by atoms with Crippen molar-refractivity contribution in [2.45, 2.75) is 32.1 Å². The maximum Gasteiger partial charge on any atom is 0.314 e. The molecular weight excluding hydrogens is 232 g/mol. The Balaban J connectivity index is 2.72. The Hall–Kier alpha value is -1.71. The molecule has 0 unspecified atom stereocenters. The lowest BCUT2D eigenvalue weighted by atomic mass is 9.90.